The van der Waals surface area contributed by atoms with E-state index in [-0.39, 0.29) is 37.0 Å². The lowest BCUT2D eigenvalue weighted by molar-refractivity contribution is -0.387. The molecule has 1 aliphatic heterocycles. The highest BCUT2D eigenvalue weighted by Gasteiger charge is 2.34. The Morgan fingerprint density at radius 1 is 1.16 bits per heavy atom. The number of carbonyl (C=O) groups is 1. The van der Waals surface area contributed by atoms with Crippen LogP contribution in [0.1, 0.15) is 10.4 Å². The predicted octanol–water partition coefficient (Wildman–Crippen LogP) is 2.31. The number of ether oxygens (including phenoxy) is 2. The SMILES string of the molecule is C=CCOc1ccc(C(=O)N2CCN(S(=O)(=O)c3ccccc3[N+](=O)[O-])CC2)cc1OC. The fourth-order valence-corrected chi connectivity index (χ4v) is 4.93. The van der Waals surface area contributed by atoms with Crippen LogP contribution in [0.2, 0.25) is 0 Å². The summed E-state index contributed by atoms with van der Waals surface area (Å²) < 4.78 is 37.8. The fraction of sp³-hybridized carbons (Fsp3) is 0.286. The van der Waals surface area contributed by atoms with E-state index in [0.717, 1.165) is 10.4 Å². The summed E-state index contributed by atoms with van der Waals surface area (Å²) in [6, 6.07) is 10.0. The monoisotopic (exact) mass is 461 g/mol. The van der Waals surface area contributed by atoms with E-state index < -0.39 is 20.6 Å². The number of hydrogen-bond donors (Lipinski definition) is 0. The Morgan fingerprint density at radius 3 is 2.47 bits per heavy atom. The van der Waals surface area contributed by atoms with Crippen molar-refractivity contribution in [2.24, 2.45) is 0 Å². The Labute approximate surface area is 185 Å². The first-order valence-corrected chi connectivity index (χ1v) is 11.2. The molecule has 1 amide bonds. The number of nitro benzene ring substituents is 1. The first-order valence-electron chi connectivity index (χ1n) is 9.74. The summed E-state index contributed by atoms with van der Waals surface area (Å²) in [5.41, 5.74) is -0.0975. The Hall–Kier alpha value is -3.44. The highest BCUT2D eigenvalue weighted by molar-refractivity contribution is 7.89. The summed E-state index contributed by atoms with van der Waals surface area (Å²) in [4.78, 5) is 24.6. The molecule has 32 heavy (non-hydrogen) atoms. The molecule has 0 atom stereocenters. The van der Waals surface area contributed by atoms with Crippen LogP contribution in [0.15, 0.2) is 60.0 Å². The maximum Gasteiger partial charge on any atom is 0.289 e. The molecule has 0 aliphatic carbocycles. The van der Waals surface area contributed by atoms with E-state index in [2.05, 4.69) is 6.58 Å². The van der Waals surface area contributed by atoms with Gasteiger partial charge in [0.25, 0.3) is 11.6 Å². The third-order valence-electron chi connectivity index (χ3n) is 4.97. The van der Waals surface area contributed by atoms with Gasteiger partial charge in [-0.3, -0.25) is 14.9 Å². The van der Waals surface area contributed by atoms with Gasteiger partial charge in [0.1, 0.15) is 6.61 Å². The normalized spacial score (nSPS) is 14.6. The van der Waals surface area contributed by atoms with Gasteiger partial charge in [-0.1, -0.05) is 24.8 Å². The molecule has 1 heterocycles. The number of carbonyl (C=O) groups excluding carboxylic acids is 1. The highest BCUT2D eigenvalue weighted by atomic mass is 32.2. The molecule has 1 aliphatic rings. The molecule has 0 N–H and O–H groups in total. The Bertz CT molecular complexity index is 1130. The number of benzene rings is 2. The van der Waals surface area contributed by atoms with Crippen LogP contribution < -0.4 is 9.47 Å². The largest absolute Gasteiger partial charge is 0.493 e. The van der Waals surface area contributed by atoms with Gasteiger partial charge < -0.3 is 14.4 Å². The number of hydrogen-bond acceptors (Lipinski definition) is 7. The summed E-state index contributed by atoms with van der Waals surface area (Å²) in [5.74, 6) is 0.598. The number of nitro groups is 1. The zero-order chi connectivity index (χ0) is 23.3. The second-order valence-corrected chi connectivity index (χ2v) is 8.79. The number of piperazine rings is 1. The van der Waals surface area contributed by atoms with Crippen LogP contribution in [0.5, 0.6) is 11.5 Å². The molecule has 0 radical (unpaired) electrons. The molecule has 1 saturated heterocycles. The van der Waals surface area contributed by atoms with Crippen LogP contribution >= 0.6 is 0 Å². The molecule has 0 unspecified atom stereocenters. The number of sulfonamides is 1. The van der Waals surface area contributed by atoms with Crippen molar-refractivity contribution < 1.29 is 27.6 Å². The topological polar surface area (TPSA) is 119 Å². The van der Waals surface area contributed by atoms with Crippen molar-refractivity contribution in [2.45, 2.75) is 4.90 Å². The number of para-hydroxylation sites is 1. The first kappa shape index (κ1) is 23.2. The smallest absolute Gasteiger partial charge is 0.289 e. The Balaban J connectivity index is 1.72. The summed E-state index contributed by atoms with van der Waals surface area (Å²) >= 11 is 0. The van der Waals surface area contributed by atoms with E-state index in [4.69, 9.17) is 9.47 Å². The van der Waals surface area contributed by atoms with E-state index in [0.29, 0.717) is 23.7 Å². The lowest BCUT2D eigenvalue weighted by atomic mass is 10.1. The van der Waals surface area contributed by atoms with Gasteiger partial charge in [0.2, 0.25) is 10.0 Å². The molecule has 0 bridgehead atoms. The third kappa shape index (κ3) is 4.73. The molecule has 11 heteroatoms. The molecular weight excluding hydrogens is 438 g/mol. The number of nitrogens with zero attached hydrogens (tertiary/aromatic N) is 3. The van der Waals surface area contributed by atoms with Crippen LogP contribution in [0.25, 0.3) is 0 Å². The zero-order valence-corrected chi connectivity index (χ0v) is 18.3. The predicted molar refractivity (Wildman–Crippen MR) is 116 cm³/mol. The van der Waals surface area contributed by atoms with Gasteiger partial charge in [-0.25, -0.2) is 8.42 Å². The van der Waals surface area contributed by atoms with Crippen molar-refractivity contribution in [2.75, 3.05) is 39.9 Å². The zero-order valence-electron chi connectivity index (χ0n) is 17.5. The second-order valence-electron chi connectivity index (χ2n) is 6.89. The average Bonchev–Trinajstić information content (AvgIpc) is 2.82. The molecular formula is C21H23N3O7S. The fourth-order valence-electron chi connectivity index (χ4n) is 3.35. The minimum Gasteiger partial charge on any atom is -0.493 e. The molecule has 3 rings (SSSR count). The van der Waals surface area contributed by atoms with Gasteiger partial charge in [-0.2, -0.15) is 4.31 Å². The number of amides is 1. The maximum absolute atomic E-state index is 12.9. The molecule has 2 aromatic carbocycles. The maximum atomic E-state index is 12.9. The van der Waals surface area contributed by atoms with Gasteiger partial charge in [0.15, 0.2) is 16.4 Å². The molecule has 10 nitrogen and oxygen atoms in total. The second kappa shape index (κ2) is 9.79. The molecule has 0 saturated carbocycles. The molecule has 1 fully saturated rings. The van der Waals surface area contributed by atoms with Crippen molar-refractivity contribution >= 4 is 21.6 Å². The minimum atomic E-state index is -4.07. The third-order valence-corrected chi connectivity index (χ3v) is 6.92. The van der Waals surface area contributed by atoms with Gasteiger partial charge >= 0.3 is 0 Å². The van der Waals surface area contributed by atoms with Crippen LogP contribution in [0.4, 0.5) is 5.69 Å². The minimum absolute atomic E-state index is 0.0256. The summed E-state index contributed by atoms with van der Waals surface area (Å²) in [7, 11) is -2.60. The molecule has 170 valence electrons. The van der Waals surface area contributed by atoms with E-state index in [1.54, 1.807) is 24.3 Å². The summed E-state index contributed by atoms with van der Waals surface area (Å²) in [5, 5.41) is 11.2. The van der Waals surface area contributed by atoms with Gasteiger partial charge in [0.05, 0.1) is 12.0 Å². The van der Waals surface area contributed by atoms with E-state index in [9.17, 15) is 23.3 Å². The summed E-state index contributed by atoms with van der Waals surface area (Å²) in [6.45, 7) is 4.23. The molecule has 0 aromatic heterocycles. The first-order chi connectivity index (χ1) is 15.3. The van der Waals surface area contributed by atoms with Crippen molar-refractivity contribution in [3.05, 3.63) is 70.8 Å². The molecule has 0 spiro atoms. The van der Waals surface area contributed by atoms with E-state index in [1.807, 2.05) is 0 Å². The highest BCUT2D eigenvalue weighted by Crippen LogP contribution is 2.30. The van der Waals surface area contributed by atoms with Crippen LogP contribution in [-0.2, 0) is 10.0 Å². The number of rotatable bonds is 8. The number of methoxy groups -OCH3 is 1. The lowest BCUT2D eigenvalue weighted by Gasteiger charge is -2.34. The van der Waals surface area contributed by atoms with Gasteiger partial charge in [0, 0.05) is 37.8 Å². The van der Waals surface area contributed by atoms with Crippen LogP contribution in [-0.4, -0.2) is 68.3 Å². The molecule has 2 aromatic rings. The Morgan fingerprint density at radius 2 is 1.84 bits per heavy atom. The van der Waals surface area contributed by atoms with Crippen LogP contribution in [0.3, 0.4) is 0 Å². The van der Waals surface area contributed by atoms with Gasteiger partial charge in [-0.15, -0.1) is 0 Å². The van der Waals surface area contributed by atoms with Gasteiger partial charge in [-0.05, 0) is 24.3 Å². The average molecular weight is 461 g/mol. The van der Waals surface area contributed by atoms with Crippen LogP contribution in [0, 0.1) is 10.1 Å². The van der Waals surface area contributed by atoms with Crippen molar-refractivity contribution in [1.82, 2.24) is 9.21 Å². The standard InChI is InChI=1S/C21H23N3O7S/c1-3-14-31-18-9-8-16(15-19(18)30-2)21(25)22-10-12-23(13-11-22)32(28,29)20-7-5-4-6-17(20)24(26)27/h3-9,15H,1,10-14H2,2H3. The Kier molecular flexibility index (Phi) is 7.11. The summed E-state index contributed by atoms with van der Waals surface area (Å²) in [6.07, 6.45) is 1.59. The quantitative estimate of drug-likeness (QED) is 0.336. The lowest BCUT2D eigenvalue weighted by Crippen LogP contribution is -2.50. The van der Waals surface area contributed by atoms with Crippen molar-refractivity contribution in [1.29, 1.82) is 0 Å². The van der Waals surface area contributed by atoms with Crippen molar-refractivity contribution in [3.8, 4) is 11.5 Å². The van der Waals surface area contributed by atoms with E-state index in [1.165, 1.54) is 30.2 Å². The van der Waals surface area contributed by atoms with E-state index >= 15 is 0 Å². The van der Waals surface area contributed by atoms with Crippen molar-refractivity contribution in [3.63, 3.8) is 0 Å².